The Kier molecular flexibility index (Phi) is 4.71. The van der Waals surface area contributed by atoms with Crippen molar-refractivity contribution in [1.82, 2.24) is 10.4 Å². The molecular weight excluding hydrogens is 230 g/mol. The van der Waals surface area contributed by atoms with Gasteiger partial charge in [-0.25, -0.2) is 4.98 Å². The molecule has 0 amide bonds. The van der Waals surface area contributed by atoms with Crippen LogP contribution in [-0.2, 0) is 6.42 Å². The topological polar surface area (TPSA) is 50.9 Å². The highest BCUT2D eigenvalue weighted by Gasteiger charge is 2.13. The molecule has 1 aliphatic rings. The Hall–Kier alpha value is -0.710. The fourth-order valence-electron chi connectivity index (χ4n) is 2.30. The number of hydrogen-bond donors (Lipinski definition) is 2. The third-order valence-corrected chi connectivity index (χ3v) is 4.21. The minimum Gasteiger partial charge on any atom is -0.271 e. The predicted octanol–water partition coefficient (Wildman–Crippen LogP) is 2.72. The number of allylic oxidation sites excluding steroid dienone is 1. The molecule has 0 aliphatic heterocycles. The molecular formula is C13H21N3S. The van der Waals surface area contributed by atoms with Crippen LogP contribution in [0.5, 0.6) is 0 Å². The second kappa shape index (κ2) is 6.28. The molecule has 0 saturated heterocycles. The number of thiazole rings is 1. The highest BCUT2D eigenvalue weighted by molar-refractivity contribution is 7.09. The largest absolute Gasteiger partial charge is 0.271 e. The SMILES string of the molecule is Cc1csc(CC(CC2=CCCCC2)NN)n1. The molecule has 0 bridgehead atoms. The summed E-state index contributed by atoms with van der Waals surface area (Å²) in [6.45, 7) is 2.04. The zero-order valence-electron chi connectivity index (χ0n) is 10.4. The van der Waals surface area contributed by atoms with Crippen molar-refractivity contribution < 1.29 is 0 Å². The number of aryl methyl sites for hydroxylation is 1. The number of nitrogens with two attached hydrogens (primary N) is 1. The summed E-state index contributed by atoms with van der Waals surface area (Å²) in [7, 11) is 0. The highest BCUT2D eigenvalue weighted by atomic mass is 32.1. The molecule has 3 nitrogen and oxygen atoms in total. The molecule has 0 radical (unpaired) electrons. The molecule has 1 heterocycles. The van der Waals surface area contributed by atoms with Crippen molar-refractivity contribution in [2.75, 3.05) is 0 Å². The molecule has 0 fully saturated rings. The molecule has 17 heavy (non-hydrogen) atoms. The Morgan fingerprint density at radius 2 is 2.35 bits per heavy atom. The smallest absolute Gasteiger partial charge is 0.0944 e. The monoisotopic (exact) mass is 251 g/mol. The average Bonchev–Trinajstić information content (AvgIpc) is 2.75. The van der Waals surface area contributed by atoms with E-state index in [1.54, 1.807) is 16.9 Å². The Balaban J connectivity index is 1.90. The van der Waals surface area contributed by atoms with Gasteiger partial charge in [0.15, 0.2) is 0 Å². The summed E-state index contributed by atoms with van der Waals surface area (Å²) in [4.78, 5) is 4.50. The van der Waals surface area contributed by atoms with E-state index in [2.05, 4.69) is 21.9 Å². The summed E-state index contributed by atoms with van der Waals surface area (Å²) >= 11 is 1.73. The van der Waals surface area contributed by atoms with Crippen molar-refractivity contribution in [1.29, 1.82) is 0 Å². The van der Waals surface area contributed by atoms with Crippen molar-refractivity contribution in [2.24, 2.45) is 5.84 Å². The van der Waals surface area contributed by atoms with Gasteiger partial charge in [-0.2, -0.15) is 0 Å². The first-order chi connectivity index (χ1) is 8.28. The molecule has 3 N–H and O–H groups in total. The van der Waals surface area contributed by atoms with Crippen LogP contribution in [0.3, 0.4) is 0 Å². The first kappa shape index (κ1) is 12.7. The van der Waals surface area contributed by atoms with Gasteiger partial charge in [0.05, 0.1) is 5.01 Å². The fourth-order valence-corrected chi connectivity index (χ4v) is 3.16. The minimum absolute atomic E-state index is 0.324. The van der Waals surface area contributed by atoms with Crippen molar-refractivity contribution in [3.63, 3.8) is 0 Å². The van der Waals surface area contributed by atoms with Gasteiger partial charge in [0.1, 0.15) is 0 Å². The summed E-state index contributed by atoms with van der Waals surface area (Å²) in [5.74, 6) is 5.64. The Morgan fingerprint density at radius 3 is 2.94 bits per heavy atom. The molecule has 1 aromatic rings. The zero-order valence-corrected chi connectivity index (χ0v) is 11.2. The lowest BCUT2D eigenvalue weighted by Crippen LogP contribution is -2.37. The van der Waals surface area contributed by atoms with E-state index in [4.69, 9.17) is 5.84 Å². The number of rotatable bonds is 5. The van der Waals surface area contributed by atoms with E-state index in [0.717, 1.165) is 18.5 Å². The first-order valence-corrected chi connectivity index (χ1v) is 7.21. The number of nitrogens with zero attached hydrogens (tertiary/aromatic N) is 1. The molecule has 0 aromatic carbocycles. The van der Waals surface area contributed by atoms with Gasteiger partial charge < -0.3 is 0 Å². The van der Waals surface area contributed by atoms with Crippen LogP contribution in [0.15, 0.2) is 17.0 Å². The van der Waals surface area contributed by atoms with Crippen LogP contribution < -0.4 is 11.3 Å². The molecule has 1 aliphatic carbocycles. The maximum atomic E-state index is 5.64. The van der Waals surface area contributed by atoms with Crippen LogP contribution in [0.1, 0.15) is 42.8 Å². The van der Waals surface area contributed by atoms with Crippen molar-refractivity contribution >= 4 is 11.3 Å². The summed E-state index contributed by atoms with van der Waals surface area (Å²) in [5.41, 5.74) is 5.60. The van der Waals surface area contributed by atoms with E-state index in [-0.39, 0.29) is 0 Å². The van der Waals surface area contributed by atoms with E-state index in [9.17, 15) is 0 Å². The van der Waals surface area contributed by atoms with Crippen LogP contribution in [0, 0.1) is 6.92 Å². The van der Waals surface area contributed by atoms with Crippen molar-refractivity contribution in [2.45, 2.75) is 51.5 Å². The Bertz CT molecular complexity index is 384. The van der Waals surface area contributed by atoms with Gasteiger partial charge in [0.2, 0.25) is 0 Å². The van der Waals surface area contributed by atoms with Gasteiger partial charge in [-0.05, 0) is 39.0 Å². The predicted molar refractivity (Wildman–Crippen MR) is 72.8 cm³/mol. The number of hydrogen-bond acceptors (Lipinski definition) is 4. The lowest BCUT2D eigenvalue weighted by atomic mass is 9.93. The second-order valence-electron chi connectivity index (χ2n) is 4.76. The number of nitrogens with one attached hydrogen (secondary N) is 1. The van der Waals surface area contributed by atoms with E-state index in [1.807, 2.05) is 6.92 Å². The minimum atomic E-state index is 0.324. The molecule has 2 rings (SSSR count). The molecule has 0 spiro atoms. The van der Waals surface area contributed by atoms with Crippen LogP contribution in [0.25, 0.3) is 0 Å². The van der Waals surface area contributed by atoms with Crippen molar-refractivity contribution in [3.05, 3.63) is 27.7 Å². The molecule has 1 unspecified atom stereocenters. The average molecular weight is 251 g/mol. The maximum Gasteiger partial charge on any atom is 0.0944 e. The van der Waals surface area contributed by atoms with Crippen LogP contribution in [0.2, 0.25) is 0 Å². The van der Waals surface area contributed by atoms with Gasteiger partial charge in [0, 0.05) is 23.5 Å². The summed E-state index contributed by atoms with van der Waals surface area (Å²) < 4.78 is 0. The van der Waals surface area contributed by atoms with Gasteiger partial charge in [0.25, 0.3) is 0 Å². The molecule has 0 saturated carbocycles. The standard InChI is InChI=1S/C13H21N3S/c1-10-9-17-13(15-10)8-12(16-14)7-11-5-3-2-4-6-11/h5,9,12,16H,2-4,6-8,14H2,1H3. The normalized spacial score (nSPS) is 17.9. The second-order valence-corrected chi connectivity index (χ2v) is 5.71. The van der Waals surface area contributed by atoms with Gasteiger partial charge in [-0.3, -0.25) is 11.3 Å². The molecule has 1 atom stereocenters. The summed E-state index contributed by atoms with van der Waals surface area (Å²) in [6.07, 6.45) is 9.55. The Labute approximate surface area is 107 Å². The molecule has 1 aromatic heterocycles. The van der Waals surface area contributed by atoms with Gasteiger partial charge in [-0.15, -0.1) is 11.3 Å². The third-order valence-electron chi connectivity index (χ3n) is 3.22. The van der Waals surface area contributed by atoms with Gasteiger partial charge in [-0.1, -0.05) is 11.6 Å². The highest BCUT2D eigenvalue weighted by Crippen LogP contribution is 2.22. The number of hydrazine groups is 1. The number of aromatic nitrogens is 1. The fraction of sp³-hybridized carbons (Fsp3) is 0.615. The first-order valence-electron chi connectivity index (χ1n) is 6.33. The third kappa shape index (κ3) is 3.91. The zero-order chi connectivity index (χ0) is 12.1. The quantitative estimate of drug-likeness (QED) is 0.480. The lowest BCUT2D eigenvalue weighted by Gasteiger charge is -2.19. The maximum absolute atomic E-state index is 5.64. The van der Waals surface area contributed by atoms with Gasteiger partial charge >= 0.3 is 0 Å². The summed E-state index contributed by atoms with van der Waals surface area (Å²) in [5, 5.41) is 3.28. The van der Waals surface area contributed by atoms with E-state index < -0.39 is 0 Å². The summed E-state index contributed by atoms with van der Waals surface area (Å²) in [6, 6.07) is 0.324. The van der Waals surface area contributed by atoms with E-state index in [0.29, 0.717) is 6.04 Å². The van der Waals surface area contributed by atoms with Crippen LogP contribution in [0.4, 0.5) is 0 Å². The molecule has 4 heteroatoms. The van der Waals surface area contributed by atoms with Crippen LogP contribution in [-0.4, -0.2) is 11.0 Å². The lowest BCUT2D eigenvalue weighted by molar-refractivity contribution is 0.504. The van der Waals surface area contributed by atoms with Crippen molar-refractivity contribution in [3.8, 4) is 0 Å². The Morgan fingerprint density at radius 1 is 1.47 bits per heavy atom. The van der Waals surface area contributed by atoms with E-state index in [1.165, 1.54) is 30.7 Å². The van der Waals surface area contributed by atoms with Crippen LogP contribution >= 0.6 is 11.3 Å². The van der Waals surface area contributed by atoms with E-state index >= 15 is 0 Å². The molecule has 94 valence electrons.